The number of hydrogen-bond acceptors (Lipinski definition) is 5. The second-order valence-electron chi connectivity index (χ2n) is 6.14. The first kappa shape index (κ1) is 17.3. The number of nitrogens with one attached hydrogen (secondary N) is 2. The molecule has 0 aliphatic heterocycles. The number of aromatic nitrogens is 1. The molecule has 0 atom stereocenters. The van der Waals surface area contributed by atoms with Crippen LogP contribution in [0.3, 0.4) is 0 Å². The number of hydrogen-bond donors (Lipinski definition) is 2. The zero-order valence-corrected chi connectivity index (χ0v) is 14.8. The molecule has 0 unspecified atom stereocenters. The van der Waals surface area contributed by atoms with Crippen molar-refractivity contribution in [3.05, 3.63) is 40.3 Å². The van der Waals surface area contributed by atoms with Gasteiger partial charge in [-0.05, 0) is 45.4 Å². The lowest BCUT2D eigenvalue weighted by Gasteiger charge is -2.19. The summed E-state index contributed by atoms with van der Waals surface area (Å²) in [5.41, 5.74) is 1.12. The molecule has 0 aliphatic rings. The van der Waals surface area contributed by atoms with Crippen LogP contribution in [0.25, 0.3) is 0 Å². The molecule has 1 aromatic heterocycles. The number of ether oxygens (including phenoxy) is 1. The molecule has 0 spiro atoms. The van der Waals surface area contributed by atoms with Gasteiger partial charge in [-0.15, -0.1) is 11.3 Å². The van der Waals surface area contributed by atoms with Gasteiger partial charge in [0.15, 0.2) is 0 Å². The molecule has 23 heavy (non-hydrogen) atoms. The van der Waals surface area contributed by atoms with Crippen LogP contribution in [0.2, 0.25) is 0 Å². The molecule has 0 radical (unpaired) electrons. The number of rotatable bonds is 5. The SMILES string of the molecule is CCc1ncc(CNc2cccc(NC(=O)OC(C)(C)C)c2)s1. The molecule has 0 fully saturated rings. The van der Waals surface area contributed by atoms with Gasteiger partial charge < -0.3 is 10.1 Å². The number of benzene rings is 1. The fourth-order valence-electron chi connectivity index (χ4n) is 1.91. The molecule has 1 aromatic carbocycles. The summed E-state index contributed by atoms with van der Waals surface area (Å²) >= 11 is 1.71. The zero-order valence-electron chi connectivity index (χ0n) is 14.0. The Hall–Kier alpha value is -2.08. The van der Waals surface area contributed by atoms with E-state index in [4.69, 9.17) is 4.74 Å². The number of carbonyl (C=O) groups excluding carboxylic acids is 1. The average molecular weight is 333 g/mol. The second-order valence-corrected chi connectivity index (χ2v) is 7.33. The Morgan fingerprint density at radius 1 is 1.30 bits per heavy atom. The molecule has 1 amide bonds. The highest BCUT2D eigenvalue weighted by Gasteiger charge is 2.16. The molecule has 5 nitrogen and oxygen atoms in total. The van der Waals surface area contributed by atoms with Crippen LogP contribution in [0.15, 0.2) is 30.5 Å². The maximum absolute atomic E-state index is 11.8. The number of carbonyl (C=O) groups is 1. The topological polar surface area (TPSA) is 63.2 Å². The van der Waals surface area contributed by atoms with Crippen LogP contribution < -0.4 is 10.6 Å². The van der Waals surface area contributed by atoms with Gasteiger partial charge in [-0.25, -0.2) is 9.78 Å². The molecule has 0 saturated carbocycles. The highest BCUT2D eigenvalue weighted by Crippen LogP contribution is 2.19. The molecule has 0 aliphatic carbocycles. The standard InChI is InChI=1S/C17H23N3O2S/c1-5-15-19-11-14(23-15)10-18-12-7-6-8-13(9-12)20-16(21)22-17(2,3)4/h6-9,11,18H,5,10H2,1-4H3,(H,20,21). The van der Waals surface area contributed by atoms with Gasteiger partial charge in [0.1, 0.15) is 5.60 Å². The van der Waals surface area contributed by atoms with Gasteiger partial charge in [-0.1, -0.05) is 13.0 Å². The molecule has 124 valence electrons. The third kappa shape index (κ3) is 5.90. The van der Waals surface area contributed by atoms with E-state index in [0.29, 0.717) is 12.2 Å². The fraction of sp³-hybridized carbons (Fsp3) is 0.412. The van der Waals surface area contributed by atoms with Crippen molar-refractivity contribution in [2.45, 2.75) is 46.3 Å². The Balaban J connectivity index is 1.92. The molecule has 0 saturated heterocycles. The van der Waals surface area contributed by atoms with Crippen molar-refractivity contribution in [1.82, 2.24) is 4.98 Å². The van der Waals surface area contributed by atoms with Crippen molar-refractivity contribution in [3.63, 3.8) is 0 Å². The van der Waals surface area contributed by atoms with E-state index < -0.39 is 11.7 Å². The van der Waals surface area contributed by atoms with Crippen LogP contribution in [-0.4, -0.2) is 16.7 Å². The van der Waals surface area contributed by atoms with Gasteiger partial charge in [0, 0.05) is 22.4 Å². The Kier molecular flexibility index (Phi) is 5.60. The summed E-state index contributed by atoms with van der Waals surface area (Å²) in [5.74, 6) is 0. The van der Waals surface area contributed by atoms with Crippen LogP contribution in [0.5, 0.6) is 0 Å². The predicted molar refractivity (Wildman–Crippen MR) is 95.1 cm³/mol. The summed E-state index contributed by atoms with van der Waals surface area (Å²) in [6.45, 7) is 8.33. The predicted octanol–water partition coefficient (Wildman–Crippen LogP) is 4.66. The highest BCUT2D eigenvalue weighted by molar-refractivity contribution is 7.11. The molecule has 0 bridgehead atoms. The first-order valence-corrected chi connectivity index (χ1v) is 8.45. The number of nitrogens with zero attached hydrogens (tertiary/aromatic N) is 1. The van der Waals surface area contributed by atoms with Gasteiger partial charge in [0.25, 0.3) is 0 Å². The normalized spacial score (nSPS) is 11.1. The molecular weight excluding hydrogens is 310 g/mol. The van der Waals surface area contributed by atoms with E-state index in [-0.39, 0.29) is 0 Å². The van der Waals surface area contributed by atoms with Gasteiger partial charge >= 0.3 is 6.09 Å². The summed E-state index contributed by atoms with van der Waals surface area (Å²) in [4.78, 5) is 17.3. The lowest BCUT2D eigenvalue weighted by atomic mass is 10.2. The smallest absolute Gasteiger partial charge is 0.412 e. The monoisotopic (exact) mass is 333 g/mol. The zero-order chi connectivity index (χ0) is 16.9. The van der Waals surface area contributed by atoms with Crippen molar-refractivity contribution in [1.29, 1.82) is 0 Å². The second kappa shape index (κ2) is 7.46. The minimum atomic E-state index is -0.511. The van der Waals surface area contributed by atoms with E-state index in [9.17, 15) is 4.79 Å². The third-order valence-corrected chi connectivity index (χ3v) is 4.02. The van der Waals surface area contributed by atoms with E-state index in [2.05, 4.69) is 22.5 Å². The largest absolute Gasteiger partial charge is 0.444 e. The van der Waals surface area contributed by atoms with Gasteiger partial charge in [0.05, 0.1) is 11.6 Å². The highest BCUT2D eigenvalue weighted by atomic mass is 32.1. The van der Waals surface area contributed by atoms with Crippen molar-refractivity contribution >= 4 is 28.8 Å². The van der Waals surface area contributed by atoms with E-state index in [1.165, 1.54) is 4.88 Å². The Bertz CT molecular complexity index is 662. The van der Waals surface area contributed by atoms with Crippen LogP contribution in [-0.2, 0) is 17.7 Å². The molecule has 1 heterocycles. The first-order chi connectivity index (χ1) is 10.9. The quantitative estimate of drug-likeness (QED) is 0.835. The summed E-state index contributed by atoms with van der Waals surface area (Å²) in [6.07, 6.45) is 2.41. The van der Waals surface area contributed by atoms with Crippen molar-refractivity contribution < 1.29 is 9.53 Å². The average Bonchev–Trinajstić information content (AvgIpc) is 2.91. The van der Waals surface area contributed by atoms with Crippen molar-refractivity contribution in [3.8, 4) is 0 Å². The Morgan fingerprint density at radius 2 is 2.04 bits per heavy atom. The van der Waals surface area contributed by atoms with Crippen LogP contribution in [0, 0.1) is 0 Å². The molecule has 2 rings (SSSR count). The molecular formula is C17H23N3O2S. The molecule has 2 N–H and O–H groups in total. The summed E-state index contributed by atoms with van der Waals surface area (Å²) < 4.78 is 5.25. The van der Waals surface area contributed by atoms with E-state index in [1.807, 2.05) is 51.2 Å². The van der Waals surface area contributed by atoms with Gasteiger partial charge in [-0.2, -0.15) is 0 Å². The summed E-state index contributed by atoms with van der Waals surface area (Å²) in [5, 5.41) is 7.22. The van der Waals surface area contributed by atoms with Crippen molar-refractivity contribution in [2.75, 3.05) is 10.6 Å². The summed E-state index contributed by atoms with van der Waals surface area (Å²) in [7, 11) is 0. The number of thiazole rings is 1. The van der Waals surface area contributed by atoms with Crippen LogP contribution in [0.4, 0.5) is 16.2 Å². The van der Waals surface area contributed by atoms with Crippen molar-refractivity contribution in [2.24, 2.45) is 0 Å². The fourth-order valence-corrected chi connectivity index (χ4v) is 2.71. The first-order valence-electron chi connectivity index (χ1n) is 7.63. The van der Waals surface area contributed by atoms with Crippen LogP contribution in [0.1, 0.15) is 37.6 Å². The van der Waals surface area contributed by atoms with Crippen LogP contribution >= 0.6 is 11.3 Å². The minimum Gasteiger partial charge on any atom is -0.444 e. The number of anilines is 2. The maximum atomic E-state index is 11.8. The Labute approximate surface area is 141 Å². The minimum absolute atomic E-state index is 0.454. The lowest BCUT2D eigenvalue weighted by Crippen LogP contribution is -2.27. The lowest BCUT2D eigenvalue weighted by molar-refractivity contribution is 0.0636. The maximum Gasteiger partial charge on any atom is 0.412 e. The number of amides is 1. The summed E-state index contributed by atoms with van der Waals surface area (Å²) in [6, 6.07) is 7.56. The van der Waals surface area contributed by atoms with Gasteiger partial charge in [0.2, 0.25) is 0 Å². The Morgan fingerprint density at radius 3 is 2.70 bits per heavy atom. The van der Waals surface area contributed by atoms with E-state index in [0.717, 1.165) is 17.1 Å². The van der Waals surface area contributed by atoms with Gasteiger partial charge in [-0.3, -0.25) is 5.32 Å². The third-order valence-electron chi connectivity index (χ3n) is 2.88. The molecule has 6 heteroatoms. The molecule has 2 aromatic rings. The van der Waals surface area contributed by atoms with E-state index >= 15 is 0 Å². The van der Waals surface area contributed by atoms with E-state index in [1.54, 1.807) is 11.3 Å². The number of aryl methyl sites for hydroxylation is 1.